The molecule has 5 heteroatoms. The number of hydrogen-bond donors (Lipinski definition) is 1. The van der Waals surface area contributed by atoms with Crippen molar-refractivity contribution in [3.63, 3.8) is 0 Å². The minimum absolute atomic E-state index is 0.102. The van der Waals surface area contributed by atoms with Gasteiger partial charge in [0.05, 0.1) is 23.7 Å². The number of methoxy groups -OCH3 is 1. The molecule has 102 valence electrons. The van der Waals surface area contributed by atoms with Crippen LogP contribution in [0.2, 0.25) is 0 Å². The fourth-order valence-corrected chi connectivity index (χ4v) is 2.26. The normalized spacial score (nSPS) is 10.9. The molecule has 0 spiro atoms. The summed E-state index contributed by atoms with van der Waals surface area (Å²) in [5.74, 6) is 0.425. The molecule has 1 aromatic heterocycles. The summed E-state index contributed by atoms with van der Waals surface area (Å²) >= 11 is 0. The molecular formula is C15H13FN2O2. The van der Waals surface area contributed by atoms with E-state index in [1.807, 2.05) is 12.1 Å². The van der Waals surface area contributed by atoms with E-state index >= 15 is 0 Å². The topological polar surface area (TPSA) is 47.3 Å². The van der Waals surface area contributed by atoms with E-state index in [0.29, 0.717) is 17.1 Å². The molecule has 0 fully saturated rings. The van der Waals surface area contributed by atoms with E-state index in [1.54, 1.807) is 24.8 Å². The predicted octanol–water partition coefficient (Wildman–Crippen LogP) is 3.09. The summed E-state index contributed by atoms with van der Waals surface area (Å²) in [4.78, 5) is 4.40. The van der Waals surface area contributed by atoms with Crippen LogP contribution in [0.15, 0.2) is 36.4 Å². The quantitative estimate of drug-likeness (QED) is 0.779. The number of phenols is 1. The van der Waals surface area contributed by atoms with Crippen LogP contribution in [0.1, 0.15) is 0 Å². The first-order valence-electron chi connectivity index (χ1n) is 6.10. The number of nitrogens with zero attached hydrogens (tertiary/aromatic N) is 2. The van der Waals surface area contributed by atoms with E-state index in [-0.39, 0.29) is 11.3 Å². The number of halogens is 1. The van der Waals surface area contributed by atoms with Gasteiger partial charge >= 0.3 is 0 Å². The molecule has 20 heavy (non-hydrogen) atoms. The zero-order valence-electron chi connectivity index (χ0n) is 11.1. The Morgan fingerprint density at radius 1 is 1.25 bits per heavy atom. The summed E-state index contributed by atoms with van der Waals surface area (Å²) in [6, 6.07) is 9.64. The Bertz CT molecular complexity index is 776. The van der Waals surface area contributed by atoms with Crippen LogP contribution in [0.25, 0.3) is 22.4 Å². The first kappa shape index (κ1) is 12.5. The van der Waals surface area contributed by atoms with Crippen molar-refractivity contribution in [3.05, 3.63) is 42.2 Å². The first-order valence-corrected chi connectivity index (χ1v) is 6.10. The van der Waals surface area contributed by atoms with Crippen molar-refractivity contribution in [2.45, 2.75) is 0 Å². The first-order chi connectivity index (χ1) is 9.61. The van der Waals surface area contributed by atoms with E-state index in [2.05, 4.69) is 4.98 Å². The number of imidazole rings is 1. The van der Waals surface area contributed by atoms with Crippen molar-refractivity contribution >= 4 is 11.0 Å². The zero-order valence-corrected chi connectivity index (χ0v) is 11.1. The molecule has 0 atom stereocenters. The number of hydrogen-bond acceptors (Lipinski definition) is 3. The monoisotopic (exact) mass is 272 g/mol. The molecule has 3 rings (SSSR count). The van der Waals surface area contributed by atoms with E-state index < -0.39 is 5.82 Å². The van der Waals surface area contributed by atoms with Crippen molar-refractivity contribution < 1.29 is 14.2 Å². The molecule has 3 aromatic rings. The van der Waals surface area contributed by atoms with Gasteiger partial charge in [-0.3, -0.25) is 0 Å². The second-order valence-corrected chi connectivity index (χ2v) is 4.48. The number of aromatic nitrogens is 2. The lowest BCUT2D eigenvalue weighted by molar-refractivity contribution is 0.415. The van der Waals surface area contributed by atoms with Crippen LogP contribution < -0.4 is 4.74 Å². The lowest BCUT2D eigenvalue weighted by Crippen LogP contribution is -1.95. The molecule has 0 radical (unpaired) electrons. The van der Waals surface area contributed by atoms with Crippen LogP contribution in [0.4, 0.5) is 4.39 Å². The highest BCUT2D eigenvalue weighted by Crippen LogP contribution is 2.33. The molecule has 1 heterocycles. The van der Waals surface area contributed by atoms with Gasteiger partial charge in [0.25, 0.3) is 0 Å². The number of ether oxygens (including phenoxy) is 1. The SMILES string of the molecule is COc1ccc2c(c1)nc(-c1c(O)cccc1F)n2C. The molecule has 0 saturated heterocycles. The Kier molecular flexibility index (Phi) is 2.82. The minimum Gasteiger partial charge on any atom is -0.507 e. The largest absolute Gasteiger partial charge is 0.507 e. The number of phenolic OH excluding ortho intramolecular Hbond substituents is 1. The van der Waals surface area contributed by atoms with Crippen LogP contribution in [0, 0.1) is 5.82 Å². The Morgan fingerprint density at radius 2 is 2.05 bits per heavy atom. The standard InChI is InChI=1S/C15H13FN2O2/c1-18-12-7-6-9(20-2)8-11(12)17-15(18)14-10(16)4-3-5-13(14)19/h3-8,19H,1-2H3. The average molecular weight is 272 g/mol. The number of aryl methyl sites for hydroxylation is 1. The average Bonchev–Trinajstić information content (AvgIpc) is 2.75. The predicted molar refractivity (Wildman–Crippen MR) is 74.3 cm³/mol. The molecule has 0 bridgehead atoms. The van der Waals surface area contributed by atoms with E-state index in [4.69, 9.17) is 4.74 Å². The van der Waals surface area contributed by atoms with Crippen molar-refractivity contribution in [3.8, 4) is 22.9 Å². The summed E-state index contributed by atoms with van der Waals surface area (Å²) in [6.45, 7) is 0. The molecule has 0 unspecified atom stereocenters. The Balaban J connectivity index is 2.29. The fraction of sp³-hybridized carbons (Fsp3) is 0.133. The van der Waals surface area contributed by atoms with Gasteiger partial charge in [0, 0.05) is 13.1 Å². The van der Waals surface area contributed by atoms with Crippen molar-refractivity contribution in [1.82, 2.24) is 9.55 Å². The summed E-state index contributed by atoms with van der Waals surface area (Å²) in [5, 5.41) is 9.88. The summed E-state index contributed by atoms with van der Waals surface area (Å²) in [5.41, 5.74) is 1.62. The van der Waals surface area contributed by atoms with Gasteiger partial charge in [-0.05, 0) is 24.3 Å². The van der Waals surface area contributed by atoms with Crippen molar-refractivity contribution in [2.24, 2.45) is 7.05 Å². The lowest BCUT2D eigenvalue weighted by atomic mass is 10.2. The van der Waals surface area contributed by atoms with Gasteiger partial charge in [0.15, 0.2) is 0 Å². The number of fused-ring (bicyclic) bond motifs is 1. The smallest absolute Gasteiger partial charge is 0.147 e. The maximum atomic E-state index is 14.0. The molecule has 2 aromatic carbocycles. The number of rotatable bonds is 2. The van der Waals surface area contributed by atoms with E-state index in [1.165, 1.54) is 18.2 Å². The van der Waals surface area contributed by atoms with Gasteiger partial charge in [0.1, 0.15) is 23.1 Å². The van der Waals surface area contributed by atoms with Crippen molar-refractivity contribution in [2.75, 3.05) is 7.11 Å². The fourth-order valence-electron chi connectivity index (χ4n) is 2.26. The van der Waals surface area contributed by atoms with E-state index in [9.17, 15) is 9.50 Å². The highest BCUT2D eigenvalue weighted by atomic mass is 19.1. The van der Waals surface area contributed by atoms with Crippen LogP contribution >= 0.6 is 0 Å². The Labute approximate surface area is 115 Å². The molecular weight excluding hydrogens is 259 g/mol. The molecule has 0 saturated carbocycles. The number of benzene rings is 2. The lowest BCUT2D eigenvalue weighted by Gasteiger charge is -2.06. The maximum Gasteiger partial charge on any atom is 0.147 e. The van der Waals surface area contributed by atoms with Crippen LogP contribution in [-0.4, -0.2) is 21.8 Å². The third-order valence-electron chi connectivity index (χ3n) is 3.30. The summed E-state index contributed by atoms with van der Waals surface area (Å²) < 4.78 is 20.8. The second kappa shape index (κ2) is 4.52. The molecule has 0 aliphatic carbocycles. The molecule has 0 aliphatic heterocycles. The van der Waals surface area contributed by atoms with Gasteiger partial charge in [0.2, 0.25) is 0 Å². The van der Waals surface area contributed by atoms with Crippen LogP contribution in [0.3, 0.4) is 0 Å². The highest BCUT2D eigenvalue weighted by molar-refractivity contribution is 5.83. The summed E-state index contributed by atoms with van der Waals surface area (Å²) in [7, 11) is 3.36. The minimum atomic E-state index is -0.504. The Morgan fingerprint density at radius 3 is 2.75 bits per heavy atom. The third-order valence-corrected chi connectivity index (χ3v) is 3.30. The highest BCUT2D eigenvalue weighted by Gasteiger charge is 2.17. The zero-order chi connectivity index (χ0) is 14.3. The molecule has 0 amide bonds. The van der Waals surface area contributed by atoms with Crippen LogP contribution in [0.5, 0.6) is 11.5 Å². The van der Waals surface area contributed by atoms with Gasteiger partial charge in [-0.15, -0.1) is 0 Å². The molecule has 1 N–H and O–H groups in total. The molecule has 0 aliphatic rings. The third kappa shape index (κ3) is 1.79. The van der Waals surface area contributed by atoms with Gasteiger partial charge in [-0.25, -0.2) is 9.37 Å². The van der Waals surface area contributed by atoms with Crippen LogP contribution in [-0.2, 0) is 7.05 Å². The Hall–Kier alpha value is -2.56. The van der Waals surface area contributed by atoms with Crippen molar-refractivity contribution in [1.29, 1.82) is 0 Å². The second-order valence-electron chi connectivity index (χ2n) is 4.48. The molecule has 4 nitrogen and oxygen atoms in total. The summed E-state index contributed by atoms with van der Waals surface area (Å²) in [6.07, 6.45) is 0. The van der Waals surface area contributed by atoms with E-state index in [0.717, 1.165) is 5.52 Å². The maximum absolute atomic E-state index is 14.0. The van der Waals surface area contributed by atoms with Gasteiger partial charge in [-0.1, -0.05) is 6.07 Å². The van der Waals surface area contributed by atoms with Gasteiger partial charge < -0.3 is 14.4 Å². The number of aromatic hydroxyl groups is 1. The van der Waals surface area contributed by atoms with Gasteiger partial charge in [-0.2, -0.15) is 0 Å².